The summed E-state index contributed by atoms with van der Waals surface area (Å²) in [5.74, 6) is -4.42. The summed E-state index contributed by atoms with van der Waals surface area (Å²) in [5, 5.41) is 2.72. The highest BCUT2D eigenvalue weighted by molar-refractivity contribution is 5.27. The lowest BCUT2D eigenvalue weighted by Gasteiger charge is -2.28. The van der Waals surface area contributed by atoms with Gasteiger partial charge in [0.15, 0.2) is 17.4 Å². The largest absolute Gasteiger partial charge is 0.482 e. The number of benzene rings is 1. The first-order valence-electron chi connectivity index (χ1n) is 4.55. The number of hydrogen-bond donors (Lipinski definition) is 1. The van der Waals surface area contributed by atoms with Crippen LogP contribution in [0, 0.1) is 17.5 Å². The van der Waals surface area contributed by atoms with Crippen LogP contribution in [0.5, 0.6) is 5.75 Å². The number of halogens is 3. The molecule has 1 fully saturated rings. The molecule has 0 aromatic heterocycles. The van der Waals surface area contributed by atoms with E-state index < -0.39 is 29.3 Å². The van der Waals surface area contributed by atoms with Gasteiger partial charge in [-0.05, 0) is 12.1 Å². The Morgan fingerprint density at radius 3 is 2.50 bits per heavy atom. The third kappa shape index (κ3) is 1.55. The summed E-state index contributed by atoms with van der Waals surface area (Å²) in [6, 6.07) is 1.44. The number of nitrogens with one attached hydrogen (secondary N) is 1. The van der Waals surface area contributed by atoms with Crippen molar-refractivity contribution in [2.75, 3.05) is 13.1 Å². The Balaban J connectivity index is 2.30. The summed E-state index contributed by atoms with van der Waals surface area (Å²) >= 11 is 0. The third-order valence-corrected chi connectivity index (χ3v) is 1.89. The predicted molar refractivity (Wildman–Crippen MR) is 43.6 cm³/mol. The van der Waals surface area contributed by atoms with Gasteiger partial charge in [-0.2, -0.15) is 4.39 Å². The van der Waals surface area contributed by atoms with Crippen LogP contribution in [0.4, 0.5) is 13.2 Å². The Kier molecular flexibility index (Phi) is 2.02. The molecule has 0 spiro atoms. The summed E-state index contributed by atoms with van der Waals surface area (Å²) < 4.78 is 51.3. The second kappa shape index (κ2) is 3.49. The maximum atomic E-state index is 13.1. The van der Waals surface area contributed by atoms with Gasteiger partial charge in [-0.1, -0.05) is 0 Å². The smallest absolute Gasteiger partial charge is 0.203 e. The first-order chi connectivity index (χ1) is 7.02. The Morgan fingerprint density at radius 1 is 1.29 bits per heavy atom. The Hall–Kier alpha value is -1.23. The van der Waals surface area contributed by atoms with Crippen LogP contribution in [0.25, 0.3) is 0 Å². The van der Waals surface area contributed by atoms with Gasteiger partial charge in [0, 0.05) is 13.1 Å². The lowest BCUT2D eigenvalue weighted by atomic mass is 10.2. The maximum absolute atomic E-state index is 13.1. The molecule has 0 unspecified atom stereocenters. The zero-order chi connectivity index (χ0) is 11.1. The van der Waals surface area contributed by atoms with Gasteiger partial charge in [0.05, 0.1) is 1.37 Å². The number of ether oxygens (including phenoxy) is 1. The standard InChI is InChI=1S/C9H8F3NO/c10-6-1-2-7(11)9(8(6)12)14-5-3-13-4-5/h1-2,5,13H,3-4H2/i5D. The molecule has 2 rings (SSSR count). The lowest BCUT2D eigenvalue weighted by Crippen LogP contribution is -2.50. The summed E-state index contributed by atoms with van der Waals surface area (Å²) in [5.41, 5.74) is 0. The van der Waals surface area contributed by atoms with Gasteiger partial charge in [0.2, 0.25) is 5.82 Å². The molecule has 2 nitrogen and oxygen atoms in total. The van der Waals surface area contributed by atoms with Gasteiger partial charge < -0.3 is 10.1 Å². The molecule has 1 aromatic rings. The van der Waals surface area contributed by atoms with E-state index in [1.807, 2.05) is 0 Å². The van der Waals surface area contributed by atoms with Crippen LogP contribution in [-0.4, -0.2) is 19.2 Å². The molecule has 0 amide bonds. The van der Waals surface area contributed by atoms with Crippen LogP contribution >= 0.6 is 0 Å². The average molecular weight is 204 g/mol. The monoisotopic (exact) mass is 204 g/mol. The minimum Gasteiger partial charge on any atom is -0.482 e. The van der Waals surface area contributed by atoms with E-state index in [1.165, 1.54) is 0 Å². The van der Waals surface area contributed by atoms with E-state index >= 15 is 0 Å². The third-order valence-electron chi connectivity index (χ3n) is 1.89. The zero-order valence-corrected chi connectivity index (χ0v) is 7.11. The van der Waals surface area contributed by atoms with E-state index in [-0.39, 0.29) is 13.1 Å². The molecule has 1 aliphatic rings. The molecular weight excluding hydrogens is 195 g/mol. The molecule has 1 heterocycles. The average Bonchev–Trinajstić information content (AvgIpc) is 2.16. The molecule has 0 bridgehead atoms. The van der Waals surface area contributed by atoms with Crippen LogP contribution in [0.2, 0.25) is 0 Å². The highest BCUT2D eigenvalue weighted by Crippen LogP contribution is 2.25. The molecule has 1 N–H and O–H groups in total. The maximum Gasteiger partial charge on any atom is 0.203 e. The second-order valence-corrected chi connectivity index (χ2v) is 2.92. The van der Waals surface area contributed by atoms with E-state index in [9.17, 15) is 13.2 Å². The van der Waals surface area contributed by atoms with E-state index in [2.05, 4.69) is 5.32 Å². The van der Waals surface area contributed by atoms with Crippen LogP contribution in [0.1, 0.15) is 1.37 Å². The van der Waals surface area contributed by atoms with E-state index in [0.29, 0.717) is 6.07 Å². The van der Waals surface area contributed by atoms with Gasteiger partial charge in [-0.3, -0.25) is 0 Å². The fraction of sp³-hybridized carbons (Fsp3) is 0.333. The van der Waals surface area contributed by atoms with Gasteiger partial charge in [0.25, 0.3) is 0 Å². The van der Waals surface area contributed by atoms with Crippen molar-refractivity contribution < 1.29 is 19.3 Å². The van der Waals surface area contributed by atoms with Gasteiger partial charge >= 0.3 is 0 Å². The molecule has 14 heavy (non-hydrogen) atoms. The summed E-state index contributed by atoms with van der Waals surface area (Å²) in [7, 11) is 0. The van der Waals surface area contributed by atoms with Gasteiger partial charge in [-0.15, -0.1) is 0 Å². The first kappa shape index (κ1) is 8.11. The summed E-state index contributed by atoms with van der Waals surface area (Å²) in [4.78, 5) is 0. The number of hydrogen-bond acceptors (Lipinski definition) is 2. The van der Waals surface area contributed by atoms with E-state index in [4.69, 9.17) is 6.11 Å². The first-order valence-corrected chi connectivity index (χ1v) is 4.05. The van der Waals surface area contributed by atoms with Crippen LogP contribution < -0.4 is 10.1 Å². The van der Waals surface area contributed by atoms with Crippen LogP contribution in [0.15, 0.2) is 12.1 Å². The summed E-state index contributed by atoms with van der Waals surface area (Å²) in [6.07, 6.45) is -1.41. The van der Waals surface area contributed by atoms with Gasteiger partial charge in [0.1, 0.15) is 6.08 Å². The summed E-state index contributed by atoms with van der Waals surface area (Å²) in [6.45, 7) is 0.310. The minimum absolute atomic E-state index is 0.155. The Morgan fingerprint density at radius 2 is 1.93 bits per heavy atom. The predicted octanol–water partition coefficient (Wildman–Crippen LogP) is 1.45. The van der Waals surface area contributed by atoms with Crippen LogP contribution in [-0.2, 0) is 0 Å². The van der Waals surface area contributed by atoms with Gasteiger partial charge in [-0.25, -0.2) is 8.78 Å². The topological polar surface area (TPSA) is 21.3 Å². The van der Waals surface area contributed by atoms with Crippen LogP contribution in [0.3, 0.4) is 0 Å². The highest BCUT2D eigenvalue weighted by Gasteiger charge is 2.23. The second-order valence-electron chi connectivity index (χ2n) is 2.92. The molecular formula is C9H8F3NO. The van der Waals surface area contributed by atoms with Crippen molar-refractivity contribution in [1.29, 1.82) is 0 Å². The SMILES string of the molecule is [2H]C1(Oc2c(F)ccc(F)c2F)CNC1. The molecule has 0 atom stereocenters. The highest BCUT2D eigenvalue weighted by atomic mass is 19.2. The molecule has 0 saturated carbocycles. The van der Waals surface area contributed by atoms with Crippen molar-refractivity contribution in [2.45, 2.75) is 6.08 Å². The Labute approximate surface area is 80.1 Å². The zero-order valence-electron chi connectivity index (χ0n) is 8.11. The van der Waals surface area contributed by atoms with Crippen molar-refractivity contribution in [3.8, 4) is 5.75 Å². The minimum atomic E-state index is -1.41. The fourth-order valence-electron chi connectivity index (χ4n) is 1.05. The normalized spacial score (nSPS) is 19.8. The van der Waals surface area contributed by atoms with Crippen molar-refractivity contribution >= 4 is 0 Å². The fourth-order valence-corrected chi connectivity index (χ4v) is 1.05. The van der Waals surface area contributed by atoms with Crippen molar-refractivity contribution in [3.05, 3.63) is 29.6 Å². The molecule has 76 valence electrons. The quantitative estimate of drug-likeness (QED) is 0.736. The van der Waals surface area contributed by atoms with E-state index in [1.54, 1.807) is 0 Å². The van der Waals surface area contributed by atoms with Crippen molar-refractivity contribution in [2.24, 2.45) is 0 Å². The molecule has 0 aliphatic carbocycles. The molecule has 1 saturated heterocycles. The molecule has 1 aliphatic heterocycles. The molecule has 0 radical (unpaired) electrons. The number of rotatable bonds is 2. The lowest BCUT2D eigenvalue weighted by molar-refractivity contribution is 0.128. The molecule has 5 heteroatoms. The Bertz CT molecular complexity index is 395. The van der Waals surface area contributed by atoms with Crippen molar-refractivity contribution in [3.63, 3.8) is 0 Å². The van der Waals surface area contributed by atoms with E-state index in [0.717, 1.165) is 6.07 Å². The van der Waals surface area contributed by atoms with Crippen molar-refractivity contribution in [1.82, 2.24) is 5.32 Å². The molecule has 1 aromatic carbocycles.